The Morgan fingerprint density at radius 3 is 2.81 bits per heavy atom. The number of benzene rings is 2. The molecule has 0 radical (unpaired) electrons. The minimum Gasteiger partial charge on any atom is -0.487 e. The van der Waals surface area contributed by atoms with Crippen LogP contribution >= 0.6 is 15.9 Å². The molecule has 0 aliphatic carbocycles. The lowest BCUT2D eigenvalue weighted by Gasteiger charge is -2.08. The Bertz CT molecular complexity index is 743. The monoisotopic (exact) mass is 350 g/mol. The number of rotatable bonds is 4. The van der Waals surface area contributed by atoms with E-state index in [1.54, 1.807) is 12.1 Å². The van der Waals surface area contributed by atoms with Crippen molar-refractivity contribution in [2.45, 2.75) is 6.61 Å². The molecule has 106 valence electrons. The lowest BCUT2D eigenvalue weighted by atomic mass is 10.1. The second-order valence-electron chi connectivity index (χ2n) is 4.06. The van der Waals surface area contributed by atoms with Gasteiger partial charge in [0.2, 0.25) is 0 Å². The Morgan fingerprint density at radius 1 is 1.38 bits per heavy atom. The lowest BCUT2D eigenvalue weighted by Crippen LogP contribution is -1.99. The highest BCUT2D eigenvalue weighted by molar-refractivity contribution is 9.10. The molecular weight excluding hydrogens is 343 g/mol. The molecule has 0 spiro atoms. The molecule has 0 N–H and O–H groups in total. The fourth-order valence-corrected chi connectivity index (χ4v) is 2.18. The van der Waals surface area contributed by atoms with Crippen LogP contribution in [0.3, 0.4) is 0 Å². The fraction of sp³-hybridized carbons (Fsp3) is 0.0714. The SMILES string of the molecule is N#Cc1cc(COc2cccc([N+](=O)[O-])c2Br)ccc1F. The minimum absolute atomic E-state index is 0.0642. The quantitative estimate of drug-likeness (QED) is 0.617. The summed E-state index contributed by atoms with van der Waals surface area (Å²) >= 11 is 3.12. The predicted octanol–water partition coefficient (Wildman–Crippen LogP) is 3.95. The zero-order valence-electron chi connectivity index (χ0n) is 10.5. The first-order valence-corrected chi connectivity index (χ1v) is 6.56. The summed E-state index contributed by atoms with van der Waals surface area (Å²) in [5.41, 5.74) is 0.407. The Kier molecular flexibility index (Phi) is 4.50. The molecule has 0 saturated heterocycles. The van der Waals surface area contributed by atoms with Gasteiger partial charge in [0.25, 0.3) is 5.69 Å². The molecule has 0 aliphatic heterocycles. The third kappa shape index (κ3) is 3.35. The van der Waals surface area contributed by atoms with E-state index in [1.807, 2.05) is 0 Å². The Hall–Kier alpha value is -2.46. The van der Waals surface area contributed by atoms with Crippen molar-refractivity contribution in [3.63, 3.8) is 0 Å². The Labute approximate surface area is 127 Å². The van der Waals surface area contributed by atoms with Gasteiger partial charge in [-0.15, -0.1) is 0 Å². The number of ether oxygens (including phenoxy) is 1. The summed E-state index contributed by atoms with van der Waals surface area (Å²) in [5, 5.41) is 19.6. The van der Waals surface area contributed by atoms with Crippen LogP contribution in [0.2, 0.25) is 0 Å². The number of halogens is 2. The van der Waals surface area contributed by atoms with Crippen molar-refractivity contribution in [1.29, 1.82) is 5.26 Å². The molecule has 2 aromatic rings. The predicted molar refractivity (Wildman–Crippen MR) is 76.2 cm³/mol. The highest BCUT2D eigenvalue weighted by Gasteiger charge is 2.16. The Morgan fingerprint density at radius 2 is 2.14 bits per heavy atom. The van der Waals surface area contributed by atoms with Gasteiger partial charge in [-0.25, -0.2) is 4.39 Å². The maximum absolute atomic E-state index is 13.2. The summed E-state index contributed by atoms with van der Waals surface area (Å²) in [6.45, 7) is 0.0642. The fourth-order valence-electron chi connectivity index (χ4n) is 1.66. The van der Waals surface area contributed by atoms with E-state index in [4.69, 9.17) is 10.00 Å². The lowest BCUT2D eigenvalue weighted by molar-refractivity contribution is -0.385. The average Bonchev–Trinajstić information content (AvgIpc) is 2.47. The molecule has 0 heterocycles. The molecular formula is C14H8BrFN2O3. The summed E-state index contributed by atoms with van der Waals surface area (Å²) in [6.07, 6.45) is 0. The van der Waals surface area contributed by atoms with Crippen molar-refractivity contribution in [1.82, 2.24) is 0 Å². The third-order valence-corrected chi connectivity index (χ3v) is 3.48. The summed E-state index contributed by atoms with van der Waals surface area (Å²) in [6, 6.07) is 10.2. The summed E-state index contributed by atoms with van der Waals surface area (Å²) in [5.74, 6) is -0.301. The van der Waals surface area contributed by atoms with Crippen LogP contribution in [0.5, 0.6) is 5.75 Å². The van der Waals surface area contributed by atoms with Crippen molar-refractivity contribution in [2.24, 2.45) is 0 Å². The van der Waals surface area contributed by atoms with Gasteiger partial charge in [0.1, 0.15) is 28.7 Å². The van der Waals surface area contributed by atoms with E-state index in [-0.39, 0.29) is 22.3 Å². The summed E-state index contributed by atoms with van der Waals surface area (Å²) < 4.78 is 18.9. The molecule has 2 rings (SSSR count). The highest BCUT2D eigenvalue weighted by Crippen LogP contribution is 2.34. The zero-order valence-corrected chi connectivity index (χ0v) is 12.1. The molecule has 0 atom stereocenters. The zero-order chi connectivity index (χ0) is 15.4. The van der Waals surface area contributed by atoms with E-state index in [0.717, 1.165) is 0 Å². The third-order valence-electron chi connectivity index (χ3n) is 2.69. The van der Waals surface area contributed by atoms with Crippen molar-refractivity contribution in [3.05, 3.63) is 67.9 Å². The van der Waals surface area contributed by atoms with Crippen molar-refractivity contribution < 1.29 is 14.1 Å². The molecule has 2 aromatic carbocycles. The highest BCUT2D eigenvalue weighted by atomic mass is 79.9. The van der Waals surface area contributed by atoms with Crippen LogP contribution in [0.15, 0.2) is 40.9 Å². The first kappa shape index (κ1) is 14.9. The van der Waals surface area contributed by atoms with Gasteiger partial charge in [0.15, 0.2) is 0 Å². The first-order chi connectivity index (χ1) is 10.0. The van der Waals surface area contributed by atoms with Gasteiger partial charge in [-0.2, -0.15) is 5.26 Å². The molecule has 0 aliphatic rings. The normalized spacial score (nSPS) is 9.95. The van der Waals surface area contributed by atoms with Gasteiger partial charge in [-0.1, -0.05) is 12.1 Å². The van der Waals surface area contributed by atoms with Crippen LogP contribution in [0, 0.1) is 27.3 Å². The van der Waals surface area contributed by atoms with E-state index in [9.17, 15) is 14.5 Å². The molecule has 21 heavy (non-hydrogen) atoms. The smallest absolute Gasteiger partial charge is 0.287 e. The number of hydrogen-bond donors (Lipinski definition) is 0. The molecule has 0 saturated carbocycles. The molecule has 7 heteroatoms. The molecule has 5 nitrogen and oxygen atoms in total. The van der Waals surface area contributed by atoms with Gasteiger partial charge in [0, 0.05) is 6.07 Å². The van der Waals surface area contributed by atoms with Gasteiger partial charge in [-0.05, 0) is 39.7 Å². The topological polar surface area (TPSA) is 76.2 Å². The van der Waals surface area contributed by atoms with E-state index in [2.05, 4.69) is 15.9 Å². The molecule has 0 aromatic heterocycles. The molecule has 0 bridgehead atoms. The number of nitro groups is 1. The van der Waals surface area contributed by atoms with Gasteiger partial charge in [0.05, 0.1) is 10.5 Å². The number of nitriles is 1. The molecule has 0 amide bonds. The maximum Gasteiger partial charge on any atom is 0.287 e. The van der Waals surface area contributed by atoms with Crippen molar-refractivity contribution in [3.8, 4) is 11.8 Å². The number of nitro benzene ring substituents is 1. The van der Waals surface area contributed by atoms with E-state index >= 15 is 0 Å². The number of hydrogen-bond acceptors (Lipinski definition) is 4. The van der Waals surface area contributed by atoms with Crippen LogP contribution in [0.25, 0.3) is 0 Å². The molecule has 0 fully saturated rings. The second-order valence-corrected chi connectivity index (χ2v) is 4.85. The van der Waals surface area contributed by atoms with Crippen molar-refractivity contribution >= 4 is 21.6 Å². The van der Waals surface area contributed by atoms with Crippen molar-refractivity contribution in [2.75, 3.05) is 0 Å². The summed E-state index contributed by atoms with van der Waals surface area (Å²) in [4.78, 5) is 10.3. The van der Waals surface area contributed by atoms with Gasteiger partial charge < -0.3 is 4.74 Å². The number of nitrogens with zero attached hydrogens (tertiary/aromatic N) is 2. The standard InChI is InChI=1S/C14H8BrFN2O3/c15-14-12(18(19)20)2-1-3-13(14)21-8-9-4-5-11(16)10(6-9)7-17/h1-6H,8H2. The summed E-state index contributed by atoms with van der Waals surface area (Å²) in [7, 11) is 0. The van der Waals surface area contributed by atoms with Crippen LogP contribution in [-0.4, -0.2) is 4.92 Å². The average molecular weight is 351 g/mol. The van der Waals surface area contributed by atoms with Crippen LogP contribution in [0.1, 0.15) is 11.1 Å². The van der Waals surface area contributed by atoms with Gasteiger partial charge >= 0.3 is 0 Å². The largest absolute Gasteiger partial charge is 0.487 e. The van der Waals surface area contributed by atoms with Gasteiger partial charge in [-0.3, -0.25) is 10.1 Å². The van der Waals surface area contributed by atoms with Crippen LogP contribution < -0.4 is 4.74 Å². The van der Waals surface area contributed by atoms with Crippen LogP contribution in [-0.2, 0) is 6.61 Å². The maximum atomic E-state index is 13.2. The molecule has 0 unspecified atom stereocenters. The Balaban J connectivity index is 2.19. The second kappa shape index (κ2) is 6.33. The van der Waals surface area contributed by atoms with E-state index in [0.29, 0.717) is 11.3 Å². The van der Waals surface area contributed by atoms with E-state index in [1.165, 1.54) is 30.3 Å². The van der Waals surface area contributed by atoms with E-state index < -0.39 is 10.7 Å². The van der Waals surface area contributed by atoms with Crippen LogP contribution in [0.4, 0.5) is 10.1 Å². The first-order valence-electron chi connectivity index (χ1n) is 5.77. The minimum atomic E-state index is -0.599.